The molecule has 0 unspecified atom stereocenters. The van der Waals surface area contributed by atoms with Crippen LogP contribution in [0.25, 0.3) is 0 Å². The Hall–Kier alpha value is -3.36. The summed E-state index contributed by atoms with van der Waals surface area (Å²) in [4.78, 5) is 24.8. The summed E-state index contributed by atoms with van der Waals surface area (Å²) in [6.45, 7) is 1.63. The number of carbonyl (C=O) groups is 2. The third kappa shape index (κ3) is 4.93. The van der Waals surface area contributed by atoms with Crippen LogP contribution in [-0.4, -0.2) is 33.4 Å². The highest BCUT2D eigenvalue weighted by atomic mass is 35.5. The van der Waals surface area contributed by atoms with E-state index in [0.29, 0.717) is 24.3 Å². The van der Waals surface area contributed by atoms with Crippen LogP contribution in [0, 0.1) is 6.92 Å². The van der Waals surface area contributed by atoms with Gasteiger partial charge in [0, 0.05) is 12.2 Å². The minimum Gasteiger partial charge on any atom is -0.452 e. The monoisotopic (exact) mass is 498 g/mol. The van der Waals surface area contributed by atoms with E-state index in [1.54, 1.807) is 24.3 Å². The lowest BCUT2D eigenvalue weighted by Crippen LogP contribution is -2.35. The van der Waals surface area contributed by atoms with Crippen LogP contribution in [-0.2, 0) is 26.0 Å². The number of amides is 1. The Bertz CT molecular complexity index is 1360. The normalized spacial score (nSPS) is 13.2. The average Bonchev–Trinajstić information content (AvgIpc) is 2.83. The van der Waals surface area contributed by atoms with Gasteiger partial charge in [0.2, 0.25) is 0 Å². The van der Waals surface area contributed by atoms with Gasteiger partial charge < -0.3 is 10.1 Å². The number of hydrogen-bond acceptors (Lipinski definition) is 5. The number of halogens is 1. The van der Waals surface area contributed by atoms with Crippen LogP contribution in [0.15, 0.2) is 71.6 Å². The Morgan fingerprint density at radius 1 is 1.06 bits per heavy atom. The Morgan fingerprint density at radius 2 is 1.79 bits per heavy atom. The van der Waals surface area contributed by atoms with E-state index in [1.165, 1.54) is 22.5 Å². The fraction of sp³-hybridized carbons (Fsp3) is 0.200. The molecule has 4 rings (SSSR count). The average molecular weight is 499 g/mol. The second-order valence-corrected chi connectivity index (χ2v) is 10.2. The van der Waals surface area contributed by atoms with Crippen LogP contribution < -0.4 is 9.62 Å². The van der Waals surface area contributed by atoms with E-state index >= 15 is 0 Å². The molecule has 1 aliphatic heterocycles. The lowest BCUT2D eigenvalue weighted by atomic mass is 10.0. The van der Waals surface area contributed by atoms with Crippen LogP contribution in [0.5, 0.6) is 0 Å². The highest BCUT2D eigenvalue weighted by Crippen LogP contribution is 2.33. The maximum Gasteiger partial charge on any atom is 0.340 e. The van der Waals surface area contributed by atoms with E-state index < -0.39 is 28.5 Å². The van der Waals surface area contributed by atoms with Gasteiger partial charge in [0.05, 0.1) is 21.2 Å². The Morgan fingerprint density at radius 3 is 2.59 bits per heavy atom. The molecule has 3 aromatic rings. The molecule has 1 aliphatic rings. The highest BCUT2D eigenvalue weighted by molar-refractivity contribution is 7.92. The molecule has 34 heavy (non-hydrogen) atoms. The van der Waals surface area contributed by atoms with E-state index in [-0.39, 0.29) is 15.5 Å². The Balaban J connectivity index is 1.51. The van der Waals surface area contributed by atoms with Crippen molar-refractivity contribution in [3.05, 3.63) is 88.4 Å². The van der Waals surface area contributed by atoms with Gasteiger partial charge in [0.25, 0.3) is 15.9 Å². The minimum absolute atomic E-state index is 0.0299. The van der Waals surface area contributed by atoms with E-state index in [9.17, 15) is 18.0 Å². The molecule has 7 nitrogen and oxygen atoms in total. The quantitative estimate of drug-likeness (QED) is 0.502. The van der Waals surface area contributed by atoms with Crippen LogP contribution in [0.1, 0.15) is 27.9 Å². The zero-order chi connectivity index (χ0) is 24.3. The molecule has 9 heteroatoms. The number of aryl methyl sites for hydroxylation is 2. The van der Waals surface area contributed by atoms with Gasteiger partial charge in [-0.25, -0.2) is 13.2 Å². The minimum atomic E-state index is -3.94. The molecule has 1 N–H and O–H groups in total. The third-order valence-electron chi connectivity index (χ3n) is 5.57. The zero-order valence-corrected chi connectivity index (χ0v) is 20.0. The zero-order valence-electron chi connectivity index (χ0n) is 18.5. The van der Waals surface area contributed by atoms with Gasteiger partial charge in [0.15, 0.2) is 6.61 Å². The number of para-hydroxylation sites is 2. The predicted octanol–water partition coefficient (Wildman–Crippen LogP) is 4.59. The molecule has 0 bridgehead atoms. The molecule has 0 aromatic heterocycles. The molecule has 0 fully saturated rings. The summed E-state index contributed by atoms with van der Waals surface area (Å²) in [5.41, 5.74) is 2.92. The SMILES string of the molecule is Cc1ccccc1NC(=O)COC(=O)c1cc(S(=O)(=O)N2CCCc3ccccc32)ccc1Cl. The van der Waals surface area contributed by atoms with Crippen LogP contribution in [0.3, 0.4) is 0 Å². The summed E-state index contributed by atoms with van der Waals surface area (Å²) in [6.07, 6.45) is 1.49. The molecule has 0 spiro atoms. The summed E-state index contributed by atoms with van der Waals surface area (Å²) < 4.78 is 33.3. The Kier molecular flexibility index (Phi) is 6.90. The van der Waals surface area contributed by atoms with E-state index in [1.807, 2.05) is 31.2 Å². The number of nitrogens with zero attached hydrogens (tertiary/aromatic N) is 1. The lowest BCUT2D eigenvalue weighted by Gasteiger charge is -2.30. The summed E-state index contributed by atoms with van der Waals surface area (Å²) in [5, 5.41) is 2.70. The number of nitrogens with one attached hydrogen (secondary N) is 1. The topological polar surface area (TPSA) is 92.8 Å². The predicted molar refractivity (Wildman–Crippen MR) is 131 cm³/mol. The van der Waals surface area contributed by atoms with Crippen molar-refractivity contribution in [3.63, 3.8) is 0 Å². The van der Waals surface area contributed by atoms with Gasteiger partial charge in [-0.1, -0.05) is 48.0 Å². The van der Waals surface area contributed by atoms with Crippen LogP contribution in [0.4, 0.5) is 11.4 Å². The van der Waals surface area contributed by atoms with Crippen molar-refractivity contribution in [1.82, 2.24) is 0 Å². The summed E-state index contributed by atoms with van der Waals surface area (Å²) >= 11 is 6.16. The van der Waals surface area contributed by atoms with E-state index in [0.717, 1.165) is 17.5 Å². The highest BCUT2D eigenvalue weighted by Gasteiger charge is 2.30. The number of sulfonamides is 1. The number of fused-ring (bicyclic) bond motifs is 1. The smallest absolute Gasteiger partial charge is 0.340 e. The third-order valence-corrected chi connectivity index (χ3v) is 7.71. The van der Waals surface area contributed by atoms with Crippen LogP contribution in [0.2, 0.25) is 5.02 Å². The van der Waals surface area contributed by atoms with Gasteiger partial charge >= 0.3 is 5.97 Å². The van der Waals surface area contributed by atoms with Crippen molar-refractivity contribution >= 4 is 44.9 Å². The van der Waals surface area contributed by atoms with Crippen molar-refractivity contribution in [1.29, 1.82) is 0 Å². The number of ether oxygens (including phenoxy) is 1. The van der Waals surface area contributed by atoms with Gasteiger partial charge in [-0.15, -0.1) is 0 Å². The number of rotatable bonds is 6. The first-order chi connectivity index (χ1) is 16.3. The molecule has 1 amide bonds. The van der Waals surface area contributed by atoms with Crippen molar-refractivity contribution in [2.75, 3.05) is 22.8 Å². The molecule has 3 aromatic carbocycles. The molecule has 0 saturated carbocycles. The van der Waals surface area contributed by atoms with Crippen molar-refractivity contribution in [2.24, 2.45) is 0 Å². The number of benzene rings is 3. The maximum absolute atomic E-state index is 13.4. The van der Waals surface area contributed by atoms with E-state index in [4.69, 9.17) is 16.3 Å². The van der Waals surface area contributed by atoms with Gasteiger partial charge in [-0.05, 0) is 61.2 Å². The first kappa shape index (κ1) is 23.8. The molecular weight excluding hydrogens is 476 g/mol. The molecule has 0 aliphatic carbocycles. The van der Waals surface area contributed by atoms with Gasteiger partial charge in [-0.3, -0.25) is 9.10 Å². The lowest BCUT2D eigenvalue weighted by molar-refractivity contribution is -0.119. The molecule has 1 heterocycles. The largest absolute Gasteiger partial charge is 0.452 e. The summed E-state index contributed by atoms with van der Waals surface area (Å²) in [7, 11) is -3.94. The first-order valence-electron chi connectivity index (χ1n) is 10.7. The number of carbonyl (C=O) groups excluding carboxylic acids is 2. The molecule has 0 atom stereocenters. The second-order valence-electron chi connectivity index (χ2n) is 7.89. The van der Waals surface area contributed by atoms with Gasteiger partial charge in [-0.2, -0.15) is 0 Å². The fourth-order valence-electron chi connectivity index (χ4n) is 3.81. The number of hydrogen-bond donors (Lipinski definition) is 1. The Labute approximate surface area is 203 Å². The number of esters is 1. The molecule has 176 valence electrons. The summed E-state index contributed by atoms with van der Waals surface area (Å²) in [6, 6.07) is 18.4. The summed E-state index contributed by atoms with van der Waals surface area (Å²) in [5.74, 6) is -1.41. The van der Waals surface area contributed by atoms with Crippen molar-refractivity contribution < 1.29 is 22.7 Å². The second kappa shape index (κ2) is 9.87. The fourth-order valence-corrected chi connectivity index (χ4v) is 5.57. The molecular formula is C25H23ClN2O5S. The number of anilines is 2. The standard InChI is InChI=1S/C25H23ClN2O5S/c1-17-7-2-4-10-22(17)27-24(29)16-33-25(30)20-15-19(12-13-21(20)26)34(31,32)28-14-6-9-18-8-3-5-11-23(18)28/h2-5,7-8,10-13,15H,6,9,14,16H2,1H3,(H,27,29). The van der Waals surface area contributed by atoms with Crippen molar-refractivity contribution in [2.45, 2.75) is 24.7 Å². The molecule has 0 radical (unpaired) electrons. The first-order valence-corrected chi connectivity index (χ1v) is 12.5. The van der Waals surface area contributed by atoms with Gasteiger partial charge in [0.1, 0.15) is 0 Å². The van der Waals surface area contributed by atoms with E-state index in [2.05, 4.69) is 5.32 Å². The van der Waals surface area contributed by atoms with Crippen LogP contribution >= 0.6 is 11.6 Å². The molecule has 0 saturated heterocycles. The van der Waals surface area contributed by atoms with Crippen molar-refractivity contribution in [3.8, 4) is 0 Å². The maximum atomic E-state index is 13.4.